The highest BCUT2D eigenvalue weighted by molar-refractivity contribution is 6.30. The molecule has 2 aromatic carbocycles. The van der Waals surface area contributed by atoms with Crippen LogP contribution in [0.2, 0.25) is 5.02 Å². The summed E-state index contributed by atoms with van der Waals surface area (Å²) in [6.45, 7) is 1.48. The third kappa shape index (κ3) is 5.83. The van der Waals surface area contributed by atoms with Crippen LogP contribution in [0.25, 0.3) is 16.8 Å². The van der Waals surface area contributed by atoms with Crippen molar-refractivity contribution < 1.29 is 22.7 Å². The summed E-state index contributed by atoms with van der Waals surface area (Å²) in [5, 5.41) is 6.40. The summed E-state index contributed by atoms with van der Waals surface area (Å²) in [6.07, 6.45) is 1.59. The molecule has 192 valence electrons. The van der Waals surface area contributed by atoms with Gasteiger partial charge in [0.05, 0.1) is 23.9 Å². The fraction of sp³-hybridized carbons (Fsp3) is 0.259. The van der Waals surface area contributed by atoms with E-state index in [4.69, 9.17) is 16.3 Å². The molecule has 1 aliphatic rings. The number of anilines is 1. The largest absolute Gasteiger partial charge is 0.455 e. The summed E-state index contributed by atoms with van der Waals surface area (Å²) >= 11 is 6.14. The molecule has 0 aliphatic heterocycles. The Kier molecular flexibility index (Phi) is 6.72. The van der Waals surface area contributed by atoms with Gasteiger partial charge in [-0.25, -0.2) is 4.98 Å². The molecule has 0 saturated heterocycles. The fourth-order valence-electron chi connectivity index (χ4n) is 4.12. The van der Waals surface area contributed by atoms with Crippen LogP contribution in [-0.4, -0.2) is 34.1 Å². The van der Waals surface area contributed by atoms with Crippen LogP contribution in [0.4, 0.5) is 18.9 Å². The van der Waals surface area contributed by atoms with Crippen LogP contribution in [0.15, 0.2) is 61.1 Å². The monoisotopic (exact) mass is 528 g/mol. The lowest BCUT2D eigenvalue weighted by Gasteiger charge is -2.20. The number of carbonyl (C=O) groups is 1. The normalized spacial score (nSPS) is 13.5. The number of imidazole rings is 1. The van der Waals surface area contributed by atoms with Gasteiger partial charge in [-0.15, -0.1) is 0 Å². The van der Waals surface area contributed by atoms with Crippen LogP contribution < -0.4 is 15.4 Å². The van der Waals surface area contributed by atoms with E-state index in [2.05, 4.69) is 15.6 Å². The molecule has 1 saturated carbocycles. The first-order valence-electron chi connectivity index (χ1n) is 11.8. The molecule has 2 N–H and O–H groups in total. The highest BCUT2D eigenvalue weighted by Crippen LogP contribution is 2.42. The van der Waals surface area contributed by atoms with Gasteiger partial charge >= 0.3 is 6.18 Å². The molecular weight excluding hydrogens is 505 g/mol. The van der Waals surface area contributed by atoms with Gasteiger partial charge in [0.15, 0.2) is 11.4 Å². The number of rotatable bonds is 8. The van der Waals surface area contributed by atoms with Gasteiger partial charge in [0.25, 0.3) is 5.91 Å². The van der Waals surface area contributed by atoms with E-state index in [0.29, 0.717) is 44.5 Å². The van der Waals surface area contributed by atoms with Crippen molar-refractivity contribution in [3.05, 3.63) is 77.2 Å². The summed E-state index contributed by atoms with van der Waals surface area (Å²) in [4.78, 5) is 17.0. The predicted octanol–water partition coefficient (Wildman–Crippen LogP) is 7.01. The maximum absolute atomic E-state index is 13.0. The minimum atomic E-state index is -4.32. The first-order valence-corrected chi connectivity index (χ1v) is 12.2. The Morgan fingerprint density at radius 1 is 1.22 bits per heavy atom. The second kappa shape index (κ2) is 9.97. The number of halogens is 4. The van der Waals surface area contributed by atoms with Gasteiger partial charge in [0.2, 0.25) is 0 Å². The number of aromatic nitrogens is 2. The minimum Gasteiger partial charge on any atom is -0.455 e. The van der Waals surface area contributed by atoms with Gasteiger partial charge in [0, 0.05) is 35.6 Å². The zero-order valence-corrected chi connectivity index (χ0v) is 20.7. The van der Waals surface area contributed by atoms with Crippen LogP contribution in [0.1, 0.15) is 35.2 Å². The molecule has 5 rings (SSSR count). The summed E-state index contributed by atoms with van der Waals surface area (Å²) in [6, 6.07) is 12.4. The Bertz CT molecular complexity index is 1460. The lowest BCUT2D eigenvalue weighted by molar-refractivity contribution is -0.131. The van der Waals surface area contributed by atoms with Crippen LogP contribution in [0.3, 0.4) is 0 Å². The van der Waals surface area contributed by atoms with E-state index in [0.717, 1.165) is 18.4 Å². The lowest BCUT2D eigenvalue weighted by Crippen LogP contribution is -2.26. The van der Waals surface area contributed by atoms with Gasteiger partial charge in [-0.2, -0.15) is 13.2 Å². The first kappa shape index (κ1) is 25.0. The molecule has 2 aromatic heterocycles. The summed E-state index contributed by atoms with van der Waals surface area (Å²) in [5.74, 6) is 0.706. The molecule has 4 aromatic rings. The van der Waals surface area contributed by atoms with Gasteiger partial charge in [0.1, 0.15) is 5.75 Å². The molecule has 0 radical (unpaired) electrons. The molecule has 1 fully saturated rings. The van der Waals surface area contributed by atoms with E-state index in [1.54, 1.807) is 59.4 Å². The summed E-state index contributed by atoms with van der Waals surface area (Å²) in [7, 11) is 0. The fourth-order valence-corrected chi connectivity index (χ4v) is 4.30. The van der Waals surface area contributed by atoms with E-state index in [-0.39, 0.29) is 18.5 Å². The van der Waals surface area contributed by atoms with Crippen molar-refractivity contribution in [3.8, 4) is 22.6 Å². The van der Waals surface area contributed by atoms with Crippen molar-refractivity contribution in [1.29, 1.82) is 0 Å². The number of aryl methyl sites for hydroxylation is 1. The molecule has 0 spiro atoms. The second-order valence-electron chi connectivity index (χ2n) is 9.03. The van der Waals surface area contributed by atoms with Crippen LogP contribution >= 0.6 is 11.6 Å². The molecule has 10 heteroatoms. The van der Waals surface area contributed by atoms with Crippen molar-refractivity contribution in [1.82, 2.24) is 14.7 Å². The zero-order chi connectivity index (χ0) is 26.2. The minimum absolute atomic E-state index is 0.144. The van der Waals surface area contributed by atoms with Crippen molar-refractivity contribution in [2.45, 2.75) is 38.4 Å². The van der Waals surface area contributed by atoms with Crippen molar-refractivity contribution in [2.75, 3.05) is 11.9 Å². The van der Waals surface area contributed by atoms with Gasteiger partial charge in [-0.3, -0.25) is 4.79 Å². The molecule has 37 heavy (non-hydrogen) atoms. The third-order valence-electron chi connectivity index (χ3n) is 6.05. The SMILES string of the molecule is Cc1cc(-c2c(Oc3cccc(Cl)c3)cn3ccnc3c2NCCC(F)(F)F)ccc1C(=O)NC1CC1. The molecule has 1 aliphatic carbocycles. The standard InChI is InChI=1S/C27H24ClF3N4O2/c1-16-13-17(5-8-21(16)26(36)34-19-6-7-19)23-22(37-20-4-2-3-18(28)14-20)15-35-12-11-33-25(35)24(23)32-10-9-27(29,30)31/h2-5,8,11-15,19,32H,6-7,9-10H2,1H3,(H,34,36). The Morgan fingerprint density at radius 2 is 2.03 bits per heavy atom. The Hall–Kier alpha value is -3.72. The molecule has 0 unspecified atom stereocenters. The topological polar surface area (TPSA) is 67.7 Å². The number of nitrogens with zero attached hydrogens (tertiary/aromatic N) is 2. The number of amides is 1. The van der Waals surface area contributed by atoms with Crippen LogP contribution in [0, 0.1) is 6.92 Å². The highest BCUT2D eigenvalue weighted by atomic mass is 35.5. The van der Waals surface area contributed by atoms with Crippen LogP contribution in [0.5, 0.6) is 11.5 Å². The number of alkyl halides is 3. The third-order valence-corrected chi connectivity index (χ3v) is 6.29. The molecule has 1 amide bonds. The quantitative estimate of drug-likeness (QED) is 0.258. The second-order valence-corrected chi connectivity index (χ2v) is 9.47. The van der Waals surface area contributed by atoms with Crippen molar-refractivity contribution >= 4 is 28.8 Å². The maximum Gasteiger partial charge on any atom is 0.390 e. The smallest absolute Gasteiger partial charge is 0.390 e. The number of pyridine rings is 1. The maximum atomic E-state index is 13.0. The van der Waals surface area contributed by atoms with E-state index >= 15 is 0 Å². The van der Waals surface area contributed by atoms with E-state index in [1.807, 2.05) is 13.0 Å². The molecule has 6 nitrogen and oxygen atoms in total. The number of hydrogen-bond acceptors (Lipinski definition) is 4. The molecule has 2 heterocycles. The van der Waals surface area contributed by atoms with E-state index < -0.39 is 12.6 Å². The van der Waals surface area contributed by atoms with Crippen molar-refractivity contribution in [2.24, 2.45) is 0 Å². The number of nitrogens with one attached hydrogen (secondary N) is 2. The van der Waals surface area contributed by atoms with E-state index in [9.17, 15) is 18.0 Å². The molecule has 0 atom stereocenters. The van der Waals surface area contributed by atoms with Gasteiger partial charge in [-0.05, 0) is 55.2 Å². The number of benzene rings is 2. The molecular formula is C27H24ClF3N4O2. The zero-order valence-electron chi connectivity index (χ0n) is 19.9. The first-order chi connectivity index (χ1) is 17.7. The average Bonchev–Trinajstić information content (AvgIpc) is 3.51. The van der Waals surface area contributed by atoms with Gasteiger partial charge < -0.3 is 19.8 Å². The highest BCUT2D eigenvalue weighted by Gasteiger charge is 2.28. The number of fused-ring (bicyclic) bond motifs is 1. The Balaban J connectivity index is 1.61. The van der Waals surface area contributed by atoms with Crippen LogP contribution in [-0.2, 0) is 0 Å². The Morgan fingerprint density at radius 3 is 2.73 bits per heavy atom. The number of hydrogen-bond donors (Lipinski definition) is 2. The average molecular weight is 529 g/mol. The predicted molar refractivity (Wildman–Crippen MR) is 137 cm³/mol. The Labute approximate surface area is 216 Å². The molecule has 0 bridgehead atoms. The number of ether oxygens (including phenoxy) is 1. The van der Waals surface area contributed by atoms with E-state index in [1.165, 1.54) is 0 Å². The lowest BCUT2D eigenvalue weighted by atomic mass is 9.98. The van der Waals surface area contributed by atoms with Gasteiger partial charge in [-0.1, -0.05) is 29.8 Å². The van der Waals surface area contributed by atoms with Crippen molar-refractivity contribution in [3.63, 3.8) is 0 Å². The number of carbonyl (C=O) groups excluding carboxylic acids is 1. The summed E-state index contributed by atoms with van der Waals surface area (Å²) in [5.41, 5.74) is 3.30. The summed E-state index contributed by atoms with van der Waals surface area (Å²) < 4.78 is 46.8.